The van der Waals surface area contributed by atoms with Gasteiger partial charge in [0.25, 0.3) is 0 Å². The largest absolute Gasteiger partial charge is 0.481 e. The first kappa shape index (κ1) is 12.6. The Hall–Kier alpha value is -1.49. The van der Waals surface area contributed by atoms with E-state index < -0.39 is 5.97 Å². The lowest BCUT2D eigenvalue weighted by Gasteiger charge is -2.04. The second-order valence-electron chi connectivity index (χ2n) is 3.34. The highest BCUT2D eigenvalue weighted by Gasteiger charge is 2.04. The van der Waals surface area contributed by atoms with Gasteiger partial charge < -0.3 is 10.4 Å². The maximum absolute atomic E-state index is 11.4. The molecule has 1 aromatic rings. The van der Waals surface area contributed by atoms with Crippen LogP contribution in [0.2, 0.25) is 0 Å². The molecular formula is C11H13NO3S. The van der Waals surface area contributed by atoms with E-state index in [1.165, 1.54) is 0 Å². The quantitative estimate of drug-likeness (QED) is 0.690. The third kappa shape index (κ3) is 4.84. The Morgan fingerprint density at radius 1 is 1.19 bits per heavy atom. The summed E-state index contributed by atoms with van der Waals surface area (Å²) < 4.78 is 0. The molecule has 0 atom stereocenters. The van der Waals surface area contributed by atoms with Crippen molar-refractivity contribution in [3.05, 3.63) is 24.3 Å². The summed E-state index contributed by atoms with van der Waals surface area (Å²) in [6.07, 6.45) is 0.587. The molecule has 0 fully saturated rings. The molecule has 0 spiro atoms. The van der Waals surface area contributed by atoms with Gasteiger partial charge in [-0.25, -0.2) is 0 Å². The zero-order valence-corrected chi connectivity index (χ0v) is 9.54. The second kappa shape index (κ2) is 6.17. The van der Waals surface area contributed by atoms with Crippen LogP contribution in [-0.4, -0.2) is 17.0 Å². The normalized spacial score (nSPS) is 9.81. The SMILES string of the molecule is O=C(O)CCCC(=O)Nc1ccc(S)cc1. The monoisotopic (exact) mass is 239 g/mol. The molecule has 0 radical (unpaired) electrons. The van der Waals surface area contributed by atoms with E-state index >= 15 is 0 Å². The van der Waals surface area contributed by atoms with Gasteiger partial charge in [-0.2, -0.15) is 0 Å². The van der Waals surface area contributed by atoms with Crippen LogP contribution in [-0.2, 0) is 9.59 Å². The molecular weight excluding hydrogens is 226 g/mol. The van der Waals surface area contributed by atoms with Crippen molar-refractivity contribution in [2.24, 2.45) is 0 Å². The average molecular weight is 239 g/mol. The van der Waals surface area contributed by atoms with Crippen molar-refractivity contribution < 1.29 is 14.7 Å². The van der Waals surface area contributed by atoms with Crippen LogP contribution >= 0.6 is 12.6 Å². The van der Waals surface area contributed by atoms with Crippen molar-refractivity contribution in [1.29, 1.82) is 0 Å². The van der Waals surface area contributed by atoms with Crippen molar-refractivity contribution >= 4 is 30.2 Å². The molecule has 1 aromatic carbocycles. The van der Waals surface area contributed by atoms with Gasteiger partial charge in [0.15, 0.2) is 0 Å². The smallest absolute Gasteiger partial charge is 0.303 e. The number of hydrogen-bond donors (Lipinski definition) is 3. The van der Waals surface area contributed by atoms with E-state index in [2.05, 4.69) is 17.9 Å². The van der Waals surface area contributed by atoms with Gasteiger partial charge in [0.1, 0.15) is 0 Å². The van der Waals surface area contributed by atoms with Gasteiger partial charge in [-0.05, 0) is 30.7 Å². The second-order valence-corrected chi connectivity index (χ2v) is 3.86. The van der Waals surface area contributed by atoms with E-state index in [9.17, 15) is 9.59 Å². The predicted octanol–water partition coefficient (Wildman–Crippen LogP) is 2.17. The number of benzene rings is 1. The fourth-order valence-electron chi connectivity index (χ4n) is 1.17. The lowest BCUT2D eigenvalue weighted by atomic mass is 10.2. The number of carbonyl (C=O) groups is 2. The number of carbonyl (C=O) groups excluding carboxylic acids is 1. The molecule has 0 aliphatic heterocycles. The number of nitrogens with one attached hydrogen (secondary N) is 1. The molecule has 0 saturated carbocycles. The van der Waals surface area contributed by atoms with E-state index in [0.29, 0.717) is 12.1 Å². The van der Waals surface area contributed by atoms with Gasteiger partial charge in [-0.1, -0.05) is 0 Å². The first-order chi connectivity index (χ1) is 7.58. The topological polar surface area (TPSA) is 66.4 Å². The molecule has 0 unspecified atom stereocenters. The van der Waals surface area contributed by atoms with Crippen molar-refractivity contribution in [2.75, 3.05) is 5.32 Å². The lowest BCUT2D eigenvalue weighted by molar-refractivity contribution is -0.137. The van der Waals surface area contributed by atoms with Crippen molar-refractivity contribution in [2.45, 2.75) is 24.2 Å². The third-order valence-corrected chi connectivity index (χ3v) is 2.24. The summed E-state index contributed by atoms with van der Waals surface area (Å²) in [7, 11) is 0. The Bertz CT molecular complexity index is 375. The maximum atomic E-state index is 11.4. The Labute approximate surface area is 99.1 Å². The molecule has 16 heavy (non-hydrogen) atoms. The average Bonchev–Trinajstić information content (AvgIpc) is 2.21. The van der Waals surface area contributed by atoms with Crippen LogP contribution in [0.25, 0.3) is 0 Å². The molecule has 0 saturated heterocycles. The van der Waals surface area contributed by atoms with E-state index in [0.717, 1.165) is 4.90 Å². The summed E-state index contributed by atoms with van der Waals surface area (Å²) in [4.78, 5) is 22.4. The third-order valence-electron chi connectivity index (χ3n) is 1.95. The predicted molar refractivity (Wildman–Crippen MR) is 63.8 cm³/mol. The Morgan fingerprint density at radius 2 is 1.81 bits per heavy atom. The number of hydrogen-bond acceptors (Lipinski definition) is 3. The fraction of sp³-hybridized carbons (Fsp3) is 0.273. The summed E-state index contributed by atoms with van der Waals surface area (Å²) in [6, 6.07) is 7.04. The summed E-state index contributed by atoms with van der Waals surface area (Å²) in [6.45, 7) is 0. The number of carboxylic acids is 1. The molecule has 0 bridgehead atoms. The molecule has 1 amide bonds. The van der Waals surface area contributed by atoms with Crippen molar-refractivity contribution in [3.63, 3.8) is 0 Å². The van der Waals surface area contributed by atoms with Gasteiger partial charge in [0.05, 0.1) is 0 Å². The highest BCUT2D eigenvalue weighted by Crippen LogP contribution is 2.12. The fourth-order valence-corrected chi connectivity index (χ4v) is 1.32. The molecule has 0 aliphatic rings. The van der Waals surface area contributed by atoms with Crippen LogP contribution in [0.15, 0.2) is 29.2 Å². The van der Waals surface area contributed by atoms with Crippen LogP contribution < -0.4 is 5.32 Å². The number of amides is 1. The summed E-state index contributed by atoms with van der Waals surface area (Å²) in [5.41, 5.74) is 0.693. The Balaban J connectivity index is 2.34. The van der Waals surface area contributed by atoms with Crippen LogP contribution in [0.1, 0.15) is 19.3 Å². The van der Waals surface area contributed by atoms with Gasteiger partial charge in [-0.15, -0.1) is 12.6 Å². The minimum absolute atomic E-state index is 0.0169. The van der Waals surface area contributed by atoms with Gasteiger partial charge >= 0.3 is 5.97 Å². The van der Waals surface area contributed by atoms with Crippen molar-refractivity contribution in [1.82, 2.24) is 0 Å². The number of carboxylic acid groups (broad SMARTS) is 1. The summed E-state index contributed by atoms with van der Waals surface area (Å²) >= 11 is 4.12. The standard InChI is InChI=1S/C11H13NO3S/c13-10(2-1-3-11(14)15)12-8-4-6-9(16)7-5-8/h4-7,16H,1-3H2,(H,12,13)(H,14,15). The van der Waals surface area contributed by atoms with Crippen molar-refractivity contribution in [3.8, 4) is 0 Å². The van der Waals surface area contributed by atoms with E-state index in [1.54, 1.807) is 24.3 Å². The molecule has 0 aromatic heterocycles. The molecule has 86 valence electrons. The van der Waals surface area contributed by atoms with Crippen LogP contribution in [0.3, 0.4) is 0 Å². The highest BCUT2D eigenvalue weighted by atomic mass is 32.1. The molecule has 5 heteroatoms. The number of thiol groups is 1. The molecule has 0 heterocycles. The Morgan fingerprint density at radius 3 is 2.38 bits per heavy atom. The molecule has 2 N–H and O–H groups in total. The van der Waals surface area contributed by atoms with E-state index in [-0.39, 0.29) is 18.7 Å². The summed E-state index contributed by atoms with van der Waals surface area (Å²) in [5.74, 6) is -1.06. The molecule has 1 rings (SSSR count). The maximum Gasteiger partial charge on any atom is 0.303 e. The first-order valence-electron chi connectivity index (χ1n) is 4.88. The summed E-state index contributed by atoms with van der Waals surface area (Å²) in [5, 5.41) is 11.1. The number of anilines is 1. The molecule has 4 nitrogen and oxygen atoms in total. The lowest BCUT2D eigenvalue weighted by Crippen LogP contribution is -2.11. The number of rotatable bonds is 5. The minimum Gasteiger partial charge on any atom is -0.481 e. The number of aliphatic carboxylic acids is 1. The first-order valence-corrected chi connectivity index (χ1v) is 5.33. The van der Waals surface area contributed by atoms with Gasteiger partial charge in [0, 0.05) is 23.4 Å². The van der Waals surface area contributed by atoms with E-state index in [1.807, 2.05) is 0 Å². The van der Waals surface area contributed by atoms with Crippen LogP contribution in [0.5, 0.6) is 0 Å². The zero-order chi connectivity index (χ0) is 12.0. The molecule has 0 aliphatic carbocycles. The van der Waals surface area contributed by atoms with Crippen LogP contribution in [0.4, 0.5) is 5.69 Å². The zero-order valence-electron chi connectivity index (χ0n) is 8.64. The Kier molecular flexibility index (Phi) is 4.85. The van der Waals surface area contributed by atoms with Crippen LogP contribution in [0, 0.1) is 0 Å². The highest BCUT2D eigenvalue weighted by molar-refractivity contribution is 7.80. The van der Waals surface area contributed by atoms with E-state index in [4.69, 9.17) is 5.11 Å². The minimum atomic E-state index is -0.882. The van der Waals surface area contributed by atoms with Gasteiger partial charge in [0.2, 0.25) is 5.91 Å². The van der Waals surface area contributed by atoms with Gasteiger partial charge in [-0.3, -0.25) is 9.59 Å².